The largest absolute Gasteiger partial charge is 0.478 e. The third-order valence-electron chi connectivity index (χ3n) is 1.92. The van der Waals surface area contributed by atoms with E-state index < -0.39 is 29.2 Å². The Bertz CT molecular complexity index is 500. The fourth-order valence-corrected chi connectivity index (χ4v) is 1.17. The van der Waals surface area contributed by atoms with Crippen LogP contribution < -0.4 is 5.32 Å². The van der Waals surface area contributed by atoms with Gasteiger partial charge in [0.15, 0.2) is 0 Å². The number of carbonyl (C=O) groups is 3. The van der Waals surface area contributed by atoms with Crippen LogP contribution in [0.2, 0.25) is 0 Å². The molecule has 1 aromatic carbocycles. The van der Waals surface area contributed by atoms with Gasteiger partial charge in [0, 0.05) is 0 Å². The van der Waals surface area contributed by atoms with Gasteiger partial charge >= 0.3 is 17.8 Å². The molecular weight excluding hydrogens is 245 g/mol. The van der Waals surface area contributed by atoms with E-state index in [4.69, 9.17) is 5.11 Å². The number of halogens is 1. The number of carbonyl (C=O) groups excluding carboxylic acids is 2. The number of hydrogen-bond acceptors (Lipinski definition) is 4. The fraction of sp³-hybridized carbons (Fsp3) is 0.182. The van der Waals surface area contributed by atoms with Gasteiger partial charge in [0.25, 0.3) is 0 Å². The Labute approximate surface area is 101 Å². The monoisotopic (exact) mass is 255 g/mol. The Kier molecular flexibility index (Phi) is 4.36. The summed E-state index contributed by atoms with van der Waals surface area (Å²) in [7, 11) is 0. The van der Waals surface area contributed by atoms with Crippen molar-refractivity contribution >= 4 is 23.5 Å². The fourth-order valence-electron chi connectivity index (χ4n) is 1.17. The van der Waals surface area contributed by atoms with Crippen LogP contribution in [0.25, 0.3) is 0 Å². The predicted octanol–water partition coefficient (Wildman–Crippen LogP) is 1.03. The molecule has 0 fully saturated rings. The molecular formula is C11H10FNO5. The van der Waals surface area contributed by atoms with E-state index in [1.54, 1.807) is 0 Å². The molecule has 0 spiro atoms. The lowest BCUT2D eigenvalue weighted by atomic mass is 10.1. The maximum atomic E-state index is 12.9. The number of ether oxygens (including phenoxy) is 1. The Hall–Kier alpha value is -2.44. The molecule has 1 amide bonds. The van der Waals surface area contributed by atoms with E-state index in [2.05, 4.69) is 4.74 Å². The zero-order chi connectivity index (χ0) is 13.7. The minimum atomic E-state index is -1.42. The highest BCUT2D eigenvalue weighted by atomic mass is 19.1. The Morgan fingerprint density at radius 3 is 2.61 bits per heavy atom. The van der Waals surface area contributed by atoms with Crippen molar-refractivity contribution in [3.8, 4) is 0 Å². The summed E-state index contributed by atoms with van der Waals surface area (Å²) >= 11 is 0. The van der Waals surface area contributed by atoms with Crippen LogP contribution >= 0.6 is 0 Å². The number of esters is 1. The van der Waals surface area contributed by atoms with Gasteiger partial charge in [-0.05, 0) is 25.1 Å². The van der Waals surface area contributed by atoms with E-state index in [0.717, 1.165) is 18.2 Å². The summed E-state index contributed by atoms with van der Waals surface area (Å²) in [4.78, 5) is 33.1. The summed E-state index contributed by atoms with van der Waals surface area (Å²) < 4.78 is 17.3. The van der Waals surface area contributed by atoms with Crippen LogP contribution in [0.5, 0.6) is 0 Å². The van der Waals surface area contributed by atoms with Gasteiger partial charge in [-0.3, -0.25) is 4.79 Å². The topological polar surface area (TPSA) is 92.7 Å². The highest BCUT2D eigenvalue weighted by Crippen LogP contribution is 2.17. The van der Waals surface area contributed by atoms with Crippen molar-refractivity contribution in [2.45, 2.75) is 6.92 Å². The average Bonchev–Trinajstić information content (AvgIpc) is 2.31. The van der Waals surface area contributed by atoms with Gasteiger partial charge in [-0.1, -0.05) is 0 Å². The highest BCUT2D eigenvalue weighted by Gasteiger charge is 2.19. The molecule has 0 saturated carbocycles. The SMILES string of the molecule is CCOC(=O)C(=O)Nc1ccc(F)cc1C(=O)O. The Balaban J connectivity index is 2.94. The number of rotatable bonds is 3. The van der Waals surface area contributed by atoms with Crippen molar-refractivity contribution in [3.63, 3.8) is 0 Å². The Morgan fingerprint density at radius 1 is 1.39 bits per heavy atom. The molecule has 2 N–H and O–H groups in total. The number of anilines is 1. The van der Waals surface area contributed by atoms with Crippen LogP contribution in [0, 0.1) is 5.82 Å². The maximum absolute atomic E-state index is 12.9. The van der Waals surface area contributed by atoms with Crippen LogP contribution in [0.15, 0.2) is 18.2 Å². The van der Waals surface area contributed by atoms with Crippen LogP contribution in [0.4, 0.5) is 10.1 Å². The van der Waals surface area contributed by atoms with E-state index >= 15 is 0 Å². The second kappa shape index (κ2) is 5.76. The number of aromatic carboxylic acids is 1. The summed E-state index contributed by atoms with van der Waals surface area (Å²) in [6.07, 6.45) is 0. The molecule has 0 aliphatic rings. The van der Waals surface area contributed by atoms with E-state index in [9.17, 15) is 18.8 Å². The third kappa shape index (κ3) is 3.27. The lowest BCUT2D eigenvalue weighted by molar-refractivity contribution is -0.152. The van der Waals surface area contributed by atoms with Gasteiger partial charge in [0.05, 0.1) is 17.9 Å². The molecule has 0 heterocycles. The van der Waals surface area contributed by atoms with Gasteiger partial charge in [-0.2, -0.15) is 0 Å². The molecule has 0 unspecified atom stereocenters. The van der Waals surface area contributed by atoms with Gasteiger partial charge in [0.1, 0.15) is 5.82 Å². The zero-order valence-corrected chi connectivity index (χ0v) is 9.40. The van der Waals surface area contributed by atoms with E-state index in [1.165, 1.54) is 6.92 Å². The quantitative estimate of drug-likeness (QED) is 0.621. The van der Waals surface area contributed by atoms with Crippen molar-refractivity contribution in [3.05, 3.63) is 29.6 Å². The number of hydrogen-bond donors (Lipinski definition) is 2. The van der Waals surface area contributed by atoms with Crippen molar-refractivity contribution in [2.24, 2.45) is 0 Å². The number of amides is 1. The lowest BCUT2D eigenvalue weighted by Crippen LogP contribution is -2.26. The summed E-state index contributed by atoms with van der Waals surface area (Å²) in [6.45, 7) is 1.53. The third-order valence-corrected chi connectivity index (χ3v) is 1.92. The summed E-state index contributed by atoms with van der Waals surface area (Å²) in [5.74, 6) is -4.45. The molecule has 0 atom stereocenters. The van der Waals surface area contributed by atoms with E-state index in [0.29, 0.717) is 0 Å². The van der Waals surface area contributed by atoms with Crippen molar-refractivity contribution in [2.75, 3.05) is 11.9 Å². The van der Waals surface area contributed by atoms with Crippen molar-refractivity contribution in [1.82, 2.24) is 0 Å². The standard InChI is InChI=1S/C11H10FNO5/c1-2-18-11(17)9(14)13-8-4-3-6(12)5-7(8)10(15)16/h3-5H,2H2,1H3,(H,13,14)(H,15,16). The second-order valence-electron chi connectivity index (χ2n) is 3.17. The molecule has 6 nitrogen and oxygen atoms in total. The first-order valence-corrected chi connectivity index (χ1v) is 4.96. The van der Waals surface area contributed by atoms with Crippen LogP contribution in [-0.2, 0) is 14.3 Å². The first kappa shape index (κ1) is 13.6. The molecule has 0 radical (unpaired) electrons. The van der Waals surface area contributed by atoms with Crippen molar-refractivity contribution in [1.29, 1.82) is 0 Å². The first-order valence-electron chi connectivity index (χ1n) is 4.96. The van der Waals surface area contributed by atoms with Crippen LogP contribution in [-0.4, -0.2) is 29.6 Å². The molecule has 0 aromatic heterocycles. The van der Waals surface area contributed by atoms with Crippen LogP contribution in [0.3, 0.4) is 0 Å². The zero-order valence-electron chi connectivity index (χ0n) is 9.40. The molecule has 0 aliphatic carbocycles. The van der Waals surface area contributed by atoms with Gasteiger partial charge < -0.3 is 15.2 Å². The minimum Gasteiger partial charge on any atom is -0.478 e. The van der Waals surface area contributed by atoms with Gasteiger partial charge in [-0.25, -0.2) is 14.0 Å². The summed E-state index contributed by atoms with van der Waals surface area (Å²) in [5.41, 5.74) is -0.630. The molecule has 96 valence electrons. The van der Waals surface area contributed by atoms with E-state index in [1.807, 2.05) is 5.32 Å². The smallest absolute Gasteiger partial charge is 0.397 e. The summed E-state index contributed by atoms with van der Waals surface area (Å²) in [6, 6.07) is 2.76. The highest BCUT2D eigenvalue weighted by molar-refractivity contribution is 6.37. The van der Waals surface area contributed by atoms with E-state index in [-0.39, 0.29) is 12.3 Å². The molecule has 1 rings (SSSR count). The number of nitrogens with one attached hydrogen (secondary N) is 1. The molecule has 0 saturated heterocycles. The molecule has 1 aromatic rings. The molecule has 0 aliphatic heterocycles. The van der Waals surface area contributed by atoms with Crippen molar-refractivity contribution < 1.29 is 28.6 Å². The first-order chi connectivity index (χ1) is 8.45. The molecule has 18 heavy (non-hydrogen) atoms. The predicted molar refractivity (Wildman–Crippen MR) is 58.6 cm³/mol. The second-order valence-corrected chi connectivity index (χ2v) is 3.17. The normalized spacial score (nSPS) is 9.67. The number of benzene rings is 1. The number of carboxylic acids is 1. The maximum Gasteiger partial charge on any atom is 0.397 e. The minimum absolute atomic E-state index is 0.0153. The van der Waals surface area contributed by atoms with Crippen LogP contribution in [0.1, 0.15) is 17.3 Å². The molecule has 0 bridgehead atoms. The average molecular weight is 255 g/mol. The van der Waals surface area contributed by atoms with Gasteiger partial charge in [-0.15, -0.1) is 0 Å². The van der Waals surface area contributed by atoms with Gasteiger partial charge in [0.2, 0.25) is 0 Å². The number of carboxylic acid groups (broad SMARTS) is 1. The lowest BCUT2D eigenvalue weighted by Gasteiger charge is -2.07. The summed E-state index contributed by atoms with van der Waals surface area (Å²) in [5, 5.41) is 10.9. The Morgan fingerprint density at radius 2 is 2.06 bits per heavy atom. The molecule has 7 heteroatoms.